The van der Waals surface area contributed by atoms with Gasteiger partial charge in [0, 0.05) is 10.9 Å². The van der Waals surface area contributed by atoms with Crippen molar-refractivity contribution in [3.63, 3.8) is 0 Å². The van der Waals surface area contributed by atoms with Gasteiger partial charge >= 0.3 is 0 Å². The van der Waals surface area contributed by atoms with Gasteiger partial charge < -0.3 is 18.6 Å². The zero-order chi connectivity index (χ0) is 20.1. The van der Waals surface area contributed by atoms with Crippen LogP contribution in [0, 0.1) is 13.8 Å². The highest BCUT2D eigenvalue weighted by molar-refractivity contribution is 7.97. The molecule has 144 valence electrons. The van der Waals surface area contributed by atoms with Gasteiger partial charge in [0.1, 0.15) is 30.1 Å². The first kappa shape index (κ1) is 18.5. The molecule has 0 aliphatic carbocycles. The summed E-state index contributed by atoms with van der Waals surface area (Å²) in [5, 5.41) is 14.2. The van der Waals surface area contributed by atoms with Crippen molar-refractivity contribution < 1.29 is 22.8 Å². The highest BCUT2D eigenvalue weighted by Gasteiger charge is 2.20. The summed E-state index contributed by atoms with van der Waals surface area (Å²) in [4.78, 5) is 4.98. The van der Waals surface area contributed by atoms with E-state index >= 15 is 0 Å². The second kappa shape index (κ2) is 6.66. The quantitative estimate of drug-likeness (QED) is 0.519. The van der Waals surface area contributed by atoms with Gasteiger partial charge in [-0.25, -0.2) is 4.98 Å². The van der Waals surface area contributed by atoms with Crippen molar-refractivity contribution in [2.24, 2.45) is 0 Å². The van der Waals surface area contributed by atoms with Crippen molar-refractivity contribution in [3.05, 3.63) is 53.6 Å². The lowest BCUT2D eigenvalue weighted by Gasteiger charge is -2.10. The lowest BCUT2D eigenvalue weighted by molar-refractivity contribution is 0.251. The first-order valence-corrected chi connectivity index (χ1v) is 10.4. The van der Waals surface area contributed by atoms with E-state index in [1.807, 2.05) is 19.9 Å². The van der Waals surface area contributed by atoms with Gasteiger partial charge in [-0.3, -0.25) is 0 Å². The normalized spacial score (nSPS) is 13.8. The Morgan fingerprint density at radius 1 is 1.18 bits per heavy atom. The van der Waals surface area contributed by atoms with Crippen molar-refractivity contribution in [1.29, 1.82) is 0 Å². The monoisotopic (exact) mass is 398 g/mol. The van der Waals surface area contributed by atoms with Crippen molar-refractivity contribution in [1.82, 2.24) is 10.1 Å². The number of nitrogens with zero attached hydrogens (tertiary/aromatic N) is 2. The number of furan rings is 1. The van der Waals surface area contributed by atoms with Crippen LogP contribution >= 0.6 is 0 Å². The molecule has 1 unspecified atom stereocenters. The van der Waals surface area contributed by atoms with Gasteiger partial charge in [0.25, 0.3) is 0 Å². The molecule has 4 aromatic rings. The molecule has 4 rings (SSSR count). The summed E-state index contributed by atoms with van der Waals surface area (Å²) in [6, 6.07) is 10.1. The Kier molecular flexibility index (Phi) is 4.41. The number of pyridine rings is 1. The summed E-state index contributed by atoms with van der Waals surface area (Å²) in [6.45, 7) is 3.42. The van der Waals surface area contributed by atoms with E-state index in [9.17, 15) is 13.9 Å². The summed E-state index contributed by atoms with van der Waals surface area (Å²) >= 11 is 0. The van der Waals surface area contributed by atoms with Gasteiger partial charge in [-0.15, -0.1) is 4.21 Å². The number of aliphatic hydroxyl groups is 1. The van der Waals surface area contributed by atoms with E-state index in [2.05, 4.69) is 5.16 Å². The third-order valence-corrected chi connectivity index (χ3v) is 5.68. The second-order valence-corrected chi connectivity index (χ2v) is 8.66. The number of sulfone groups is 1. The van der Waals surface area contributed by atoms with Gasteiger partial charge in [0.15, 0.2) is 10.5 Å². The molecular weight excluding hydrogens is 380 g/mol. The fraction of sp³-hybridized carbons (Fsp3) is 0.200. The molecule has 1 aromatic carbocycles. The van der Waals surface area contributed by atoms with E-state index in [1.54, 1.807) is 18.2 Å². The standard InChI is InChI=1S/C20H18N2O5S/c1-11-18(12(2)27-22-11)17-9-14-8-15(10-23)26-20(14)19(21-17)13-4-6-16(7-5-13)28(3,24)25/h4-9,23H,10H2,1-3H3. The van der Waals surface area contributed by atoms with Crippen LogP contribution in [0.1, 0.15) is 17.2 Å². The van der Waals surface area contributed by atoms with Crippen molar-refractivity contribution in [3.8, 4) is 22.5 Å². The van der Waals surface area contributed by atoms with E-state index in [4.69, 9.17) is 13.9 Å². The molecule has 0 aliphatic heterocycles. The first-order chi connectivity index (χ1) is 13.3. The van der Waals surface area contributed by atoms with Crippen LogP contribution in [-0.2, 0) is 21.0 Å². The molecule has 3 heterocycles. The minimum Gasteiger partial charge on any atom is -0.610 e. The number of hydrogen-bond donors (Lipinski definition) is 1. The molecular formula is C20H18N2O5S. The maximum Gasteiger partial charge on any atom is 0.160 e. The van der Waals surface area contributed by atoms with Gasteiger partial charge in [-0.05, 0) is 50.2 Å². The highest BCUT2D eigenvalue weighted by atomic mass is 32.3. The van der Waals surface area contributed by atoms with Crippen LogP contribution in [0.5, 0.6) is 0 Å². The van der Waals surface area contributed by atoms with E-state index < -0.39 is 10.2 Å². The van der Waals surface area contributed by atoms with Crippen LogP contribution in [0.25, 0.3) is 33.5 Å². The van der Waals surface area contributed by atoms with E-state index in [-0.39, 0.29) is 11.5 Å². The number of aliphatic hydroxyl groups excluding tert-OH is 1. The van der Waals surface area contributed by atoms with Crippen LogP contribution in [0.2, 0.25) is 0 Å². The zero-order valence-corrected chi connectivity index (χ0v) is 16.4. The van der Waals surface area contributed by atoms with Crippen LogP contribution in [0.4, 0.5) is 0 Å². The van der Waals surface area contributed by atoms with E-state index in [0.29, 0.717) is 39.7 Å². The molecule has 0 fully saturated rings. The van der Waals surface area contributed by atoms with Crippen molar-refractivity contribution in [2.45, 2.75) is 25.3 Å². The van der Waals surface area contributed by atoms with E-state index in [0.717, 1.165) is 17.2 Å². The molecule has 3 aromatic heterocycles. The predicted molar refractivity (Wildman–Crippen MR) is 103 cm³/mol. The summed E-state index contributed by atoms with van der Waals surface area (Å²) in [7, 11) is -3.30. The molecule has 0 aliphatic rings. The molecule has 28 heavy (non-hydrogen) atoms. The summed E-state index contributed by atoms with van der Waals surface area (Å²) < 4.78 is 34.5. The smallest absolute Gasteiger partial charge is 0.160 e. The average molecular weight is 398 g/mol. The summed E-state index contributed by atoms with van der Waals surface area (Å²) in [5.74, 6) is 1.07. The predicted octanol–water partition coefficient (Wildman–Crippen LogP) is 3.88. The molecule has 0 saturated carbocycles. The highest BCUT2D eigenvalue weighted by Crippen LogP contribution is 2.35. The maximum atomic E-state index is 11.7. The minimum atomic E-state index is -3.30. The van der Waals surface area contributed by atoms with Gasteiger partial charge in [-0.1, -0.05) is 5.16 Å². The molecule has 1 N–H and O–H groups in total. The molecule has 0 spiro atoms. The van der Waals surface area contributed by atoms with Crippen LogP contribution < -0.4 is 0 Å². The Bertz CT molecular complexity index is 1200. The Hall–Kier alpha value is -2.81. The van der Waals surface area contributed by atoms with Crippen LogP contribution in [0.15, 0.2) is 50.2 Å². The Balaban J connectivity index is 1.96. The van der Waals surface area contributed by atoms with Crippen molar-refractivity contribution in [2.75, 3.05) is 6.26 Å². The van der Waals surface area contributed by atoms with Crippen LogP contribution in [-0.4, -0.2) is 26.1 Å². The third kappa shape index (κ3) is 3.15. The Morgan fingerprint density at radius 3 is 2.46 bits per heavy atom. The van der Waals surface area contributed by atoms with Crippen molar-refractivity contribution >= 4 is 21.2 Å². The third-order valence-electron chi connectivity index (χ3n) is 4.55. The second-order valence-electron chi connectivity index (χ2n) is 6.64. The molecule has 0 saturated heterocycles. The number of fused-ring (bicyclic) bond motifs is 1. The molecule has 0 radical (unpaired) electrons. The Labute approximate surface area is 162 Å². The number of rotatable bonds is 4. The summed E-state index contributed by atoms with van der Waals surface area (Å²) in [6.07, 6.45) is 1.16. The number of hydrogen-bond acceptors (Lipinski definition) is 7. The van der Waals surface area contributed by atoms with Gasteiger partial charge in [0.05, 0.1) is 27.2 Å². The van der Waals surface area contributed by atoms with Crippen LogP contribution in [0.3, 0.4) is 0 Å². The molecule has 0 bridgehead atoms. The average Bonchev–Trinajstić information content (AvgIpc) is 3.22. The zero-order valence-electron chi connectivity index (χ0n) is 15.6. The maximum absolute atomic E-state index is 11.7. The number of aromatic nitrogens is 2. The number of benzene rings is 1. The molecule has 8 heteroatoms. The fourth-order valence-corrected chi connectivity index (χ4v) is 3.84. The summed E-state index contributed by atoms with van der Waals surface area (Å²) in [5.41, 5.74) is 3.94. The fourth-order valence-electron chi connectivity index (χ4n) is 3.21. The Morgan fingerprint density at radius 2 is 1.89 bits per heavy atom. The largest absolute Gasteiger partial charge is 0.610 e. The molecule has 7 nitrogen and oxygen atoms in total. The molecule has 1 atom stereocenters. The van der Waals surface area contributed by atoms with Gasteiger partial charge in [-0.2, -0.15) is 0 Å². The minimum absolute atomic E-state index is 0.227. The first-order valence-electron chi connectivity index (χ1n) is 8.56. The van der Waals surface area contributed by atoms with E-state index in [1.165, 1.54) is 12.1 Å². The number of aryl methyl sites for hydroxylation is 2. The SMILES string of the molecule is Cc1noc(C)c1-c1cc2cc(CO)oc2c(-c2ccc([S+](C)(=O)[O-])cc2)n1. The molecule has 0 amide bonds. The van der Waals surface area contributed by atoms with Gasteiger partial charge in [0.2, 0.25) is 0 Å². The lowest BCUT2D eigenvalue weighted by Crippen LogP contribution is -2.06. The topological polar surface area (TPSA) is 112 Å². The lowest BCUT2D eigenvalue weighted by atomic mass is 10.0.